The third-order valence-corrected chi connectivity index (χ3v) is 2.11. The number of nitrogens with two attached hydrogens (primary N) is 1. The zero-order valence-electron chi connectivity index (χ0n) is 7.21. The summed E-state index contributed by atoms with van der Waals surface area (Å²) in [5, 5.41) is 0. The largest absolute Gasteiger partial charge is 0.387 e. The quantitative estimate of drug-likeness (QED) is 0.488. The average molecular weight is 156 g/mol. The Labute approximate surface area is 67.6 Å². The van der Waals surface area contributed by atoms with Crippen LogP contribution in [0.15, 0.2) is 4.99 Å². The highest BCUT2D eigenvalue weighted by atomic mass is 16.5. The van der Waals surface area contributed by atoms with Crippen molar-refractivity contribution in [3.05, 3.63) is 0 Å². The second kappa shape index (κ2) is 3.72. The van der Waals surface area contributed by atoms with Gasteiger partial charge in [0.2, 0.25) is 0 Å². The first-order valence-corrected chi connectivity index (χ1v) is 4.11. The molecule has 3 nitrogen and oxygen atoms in total. The van der Waals surface area contributed by atoms with Crippen LogP contribution in [0.2, 0.25) is 0 Å². The summed E-state index contributed by atoms with van der Waals surface area (Å²) < 4.78 is 5.12. The molecule has 0 saturated heterocycles. The molecule has 2 N–H and O–H groups in total. The van der Waals surface area contributed by atoms with Crippen molar-refractivity contribution in [1.29, 1.82) is 0 Å². The van der Waals surface area contributed by atoms with Gasteiger partial charge in [0.25, 0.3) is 0 Å². The van der Waals surface area contributed by atoms with E-state index in [4.69, 9.17) is 10.5 Å². The fourth-order valence-corrected chi connectivity index (χ4v) is 1.16. The second-order valence-corrected chi connectivity index (χ2v) is 2.96. The first-order valence-electron chi connectivity index (χ1n) is 4.11. The van der Waals surface area contributed by atoms with E-state index in [-0.39, 0.29) is 0 Å². The van der Waals surface area contributed by atoms with Gasteiger partial charge in [-0.15, -0.1) is 0 Å². The molecule has 0 radical (unpaired) electrons. The monoisotopic (exact) mass is 156 g/mol. The van der Waals surface area contributed by atoms with Crippen molar-refractivity contribution in [1.82, 2.24) is 0 Å². The van der Waals surface area contributed by atoms with Crippen LogP contribution in [-0.2, 0) is 4.74 Å². The Kier molecular flexibility index (Phi) is 2.88. The summed E-state index contributed by atoms with van der Waals surface area (Å²) in [6.45, 7) is 2.02. The number of hydrogen-bond acceptors (Lipinski definition) is 2. The molecule has 0 aromatic carbocycles. The highest BCUT2D eigenvalue weighted by Crippen LogP contribution is 2.25. The molecule has 0 unspecified atom stereocenters. The van der Waals surface area contributed by atoms with Gasteiger partial charge in [0, 0.05) is 13.5 Å². The molecule has 0 aromatic heterocycles. The van der Waals surface area contributed by atoms with Crippen LogP contribution in [0.25, 0.3) is 0 Å². The van der Waals surface area contributed by atoms with Crippen molar-refractivity contribution >= 4 is 5.84 Å². The Hall–Kier alpha value is -0.570. The zero-order chi connectivity index (χ0) is 8.27. The molecule has 0 aromatic rings. The molecule has 3 heteroatoms. The SMILES string of the molecule is CCC(N)=NC1CC(OC)C1. The molecule has 1 aliphatic carbocycles. The van der Waals surface area contributed by atoms with E-state index in [2.05, 4.69) is 4.99 Å². The molecule has 1 saturated carbocycles. The van der Waals surface area contributed by atoms with E-state index < -0.39 is 0 Å². The van der Waals surface area contributed by atoms with Gasteiger partial charge in [0.05, 0.1) is 18.0 Å². The molecule has 1 rings (SSSR count). The standard InChI is InChI=1S/C8H16N2O/c1-3-8(9)10-6-4-7(5-6)11-2/h6-7H,3-5H2,1-2H3,(H2,9,10). The van der Waals surface area contributed by atoms with E-state index in [0.717, 1.165) is 25.1 Å². The molecule has 0 amide bonds. The Morgan fingerprint density at radius 1 is 1.64 bits per heavy atom. The molecular weight excluding hydrogens is 140 g/mol. The van der Waals surface area contributed by atoms with Crippen molar-refractivity contribution in [3.8, 4) is 0 Å². The minimum Gasteiger partial charge on any atom is -0.387 e. The molecule has 0 aliphatic heterocycles. The maximum Gasteiger partial charge on any atom is 0.0937 e. The molecule has 0 bridgehead atoms. The summed E-state index contributed by atoms with van der Waals surface area (Å²) in [5.74, 6) is 0.768. The topological polar surface area (TPSA) is 47.6 Å². The van der Waals surface area contributed by atoms with E-state index >= 15 is 0 Å². The summed E-state index contributed by atoms with van der Waals surface area (Å²) in [6.07, 6.45) is 3.36. The van der Waals surface area contributed by atoms with Crippen molar-refractivity contribution in [2.24, 2.45) is 10.7 Å². The normalized spacial score (nSPS) is 31.6. The van der Waals surface area contributed by atoms with Crippen LogP contribution in [-0.4, -0.2) is 25.1 Å². The lowest BCUT2D eigenvalue weighted by Gasteiger charge is -2.31. The van der Waals surface area contributed by atoms with E-state index in [1.807, 2.05) is 6.92 Å². The summed E-state index contributed by atoms with van der Waals surface area (Å²) in [5.41, 5.74) is 5.58. The number of ether oxygens (including phenoxy) is 1. The van der Waals surface area contributed by atoms with Gasteiger partial charge in [-0.2, -0.15) is 0 Å². The highest BCUT2D eigenvalue weighted by molar-refractivity contribution is 5.80. The molecule has 1 fully saturated rings. The molecule has 11 heavy (non-hydrogen) atoms. The lowest BCUT2D eigenvalue weighted by atomic mass is 9.90. The second-order valence-electron chi connectivity index (χ2n) is 2.96. The third kappa shape index (κ3) is 2.19. The van der Waals surface area contributed by atoms with Gasteiger partial charge in [-0.1, -0.05) is 6.92 Å². The molecule has 1 aliphatic rings. The zero-order valence-corrected chi connectivity index (χ0v) is 7.21. The van der Waals surface area contributed by atoms with Crippen molar-refractivity contribution < 1.29 is 4.74 Å². The van der Waals surface area contributed by atoms with Crippen molar-refractivity contribution in [3.63, 3.8) is 0 Å². The van der Waals surface area contributed by atoms with Crippen LogP contribution < -0.4 is 5.73 Å². The molecule has 64 valence electrons. The van der Waals surface area contributed by atoms with Crippen LogP contribution >= 0.6 is 0 Å². The van der Waals surface area contributed by atoms with Crippen LogP contribution in [0.3, 0.4) is 0 Å². The number of methoxy groups -OCH3 is 1. The number of amidine groups is 1. The Morgan fingerprint density at radius 3 is 2.73 bits per heavy atom. The van der Waals surface area contributed by atoms with Gasteiger partial charge in [0.1, 0.15) is 0 Å². The van der Waals surface area contributed by atoms with Crippen LogP contribution in [0.5, 0.6) is 0 Å². The number of hydrogen-bond donors (Lipinski definition) is 1. The van der Waals surface area contributed by atoms with E-state index in [9.17, 15) is 0 Å². The number of nitrogens with zero attached hydrogens (tertiary/aromatic N) is 1. The fourth-order valence-electron chi connectivity index (χ4n) is 1.16. The van der Waals surface area contributed by atoms with Gasteiger partial charge < -0.3 is 10.5 Å². The molecule has 0 spiro atoms. The lowest BCUT2D eigenvalue weighted by molar-refractivity contribution is 0.0284. The van der Waals surface area contributed by atoms with E-state index in [1.54, 1.807) is 7.11 Å². The predicted octanol–water partition coefficient (Wildman–Crippen LogP) is 0.931. The van der Waals surface area contributed by atoms with E-state index in [0.29, 0.717) is 12.1 Å². The Bertz CT molecular complexity index is 150. The maximum atomic E-state index is 5.58. The molecule has 0 heterocycles. The first-order chi connectivity index (χ1) is 5.26. The first kappa shape index (κ1) is 8.53. The van der Waals surface area contributed by atoms with Gasteiger partial charge in [0.15, 0.2) is 0 Å². The van der Waals surface area contributed by atoms with Gasteiger partial charge in [-0.25, -0.2) is 0 Å². The summed E-state index contributed by atoms with van der Waals surface area (Å²) in [6, 6.07) is 0.430. The number of aliphatic imine (C=N–C) groups is 1. The van der Waals surface area contributed by atoms with E-state index in [1.165, 1.54) is 0 Å². The van der Waals surface area contributed by atoms with Gasteiger partial charge in [-0.3, -0.25) is 4.99 Å². The van der Waals surface area contributed by atoms with Crippen LogP contribution in [0.1, 0.15) is 26.2 Å². The summed E-state index contributed by atoms with van der Waals surface area (Å²) >= 11 is 0. The average Bonchev–Trinajstić information content (AvgIpc) is 1.95. The van der Waals surface area contributed by atoms with Crippen molar-refractivity contribution in [2.45, 2.75) is 38.3 Å². The fraction of sp³-hybridized carbons (Fsp3) is 0.875. The predicted molar refractivity (Wildman–Crippen MR) is 45.7 cm³/mol. The van der Waals surface area contributed by atoms with Crippen molar-refractivity contribution in [2.75, 3.05) is 7.11 Å². The van der Waals surface area contributed by atoms with Gasteiger partial charge >= 0.3 is 0 Å². The highest BCUT2D eigenvalue weighted by Gasteiger charge is 2.28. The third-order valence-electron chi connectivity index (χ3n) is 2.11. The Morgan fingerprint density at radius 2 is 2.27 bits per heavy atom. The minimum absolute atomic E-state index is 0.424. The van der Waals surface area contributed by atoms with Gasteiger partial charge in [-0.05, 0) is 12.8 Å². The minimum atomic E-state index is 0.424. The lowest BCUT2D eigenvalue weighted by Crippen LogP contribution is -2.34. The molecule has 0 atom stereocenters. The van der Waals surface area contributed by atoms with Crippen LogP contribution in [0.4, 0.5) is 0 Å². The summed E-state index contributed by atoms with van der Waals surface area (Å²) in [7, 11) is 1.74. The Balaban J connectivity index is 2.22. The smallest absolute Gasteiger partial charge is 0.0937 e. The summed E-state index contributed by atoms with van der Waals surface area (Å²) in [4.78, 5) is 4.31. The number of rotatable bonds is 3. The molecular formula is C8H16N2O. The maximum absolute atomic E-state index is 5.58. The van der Waals surface area contributed by atoms with Crippen LogP contribution in [0, 0.1) is 0 Å².